The van der Waals surface area contributed by atoms with Crippen LogP contribution in [0.25, 0.3) is 0 Å². The van der Waals surface area contributed by atoms with E-state index < -0.39 is 41.8 Å². The molecule has 0 spiro atoms. The topological polar surface area (TPSA) is 106 Å². The third-order valence-corrected chi connectivity index (χ3v) is 10.6. The molecule has 0 aliphatic carbocycles. The molecule has 3 rings (SSSR count). The van der Waals surface area contributed by atoms with Gasteiger partial charge in [-0.3, -0.25) is 0 Å². The van der Waals surface area contributed by atoms with E-state index in [1.54, 1.807) is 12.1 Å². The summed E-state index contributed by atoms with van der Waals surface area (Å²) in [6.45, 7) is 1.96. The molecule has 7 nitrogen and oxygen atoms in total. The van der Waals surface area contributed by atoms with Crippen LogP contribution >= 0.6 is 0 Å². The molecular weight excluding hydrogens is 398 g/mol. The van der Waals surface area contributed by atoms with Crippen LogP contribution in [0.5, 0.6) is 0 Å². The highest BCUT2D eigenvalue weighted by atomic mass is 32.2. The number of rotatable bonds is 5. The van der Waals surface area contributed by atoms with Crippen LogP contribution in [0.1, 0.15) is 25.3 Å². The minimum absolute atomic E-state index is 0.0715. The molecule has 2 aliphatic heterocycles. The van der Waals surface area contributed by atoms with Crippen LogP contribution in [-0.4, -0.2) is 64.7 Å². The van der Waals surface area contributed by atoms with Crippen molar-refractivity contribution >= 4 is 29.7 Å². The van der Waals surface area contributed by atoms with Gasteiger partial charge in [-0.1, -0.05) is 19.1 Å². The van der Waals surface area contributed by atoms with Crippen LogP contribution in [0, 0.1) is 0 Å². The Morgan fingerprint density at radius 2 is 1.38 bits per heavy atom. The van der Waals surface area contributed by atoms with Crippen molar-refractivity contribution in [3.8, 4) is 0 Å². The average Bonchev–Trinajstić information content (AvgIpc) is 3.09. The summed E-state index contributed by atoms with van der Waals surface area (Å²) in [6.07, 6.45) is 1.17. The lowest BCUT2D eigenvalue weighted by atomic mass is 10.2. The third-order valence-electron chi connectivity index (χ3n) is 5.04. The maximum Gasteiger partial charge on any atom is 0.243 e. The molecule has 0 unspecified atom stereocenters. The molecule has 0 radical (unpaired) electrons. The predicted molar refractivity (Wildman–Crippen MR) is 99.0 cm³/mol. The molecule has 2 fully saturated rings. The molecule has 1 aromatic carbocycles. The van der Waals surface area contributed by atoms with Crippen molar-refractivity contribution in [1.82, 2.24) is 4.31 Å². The smallest absolute Gasteiger partial charge is 0.229 e. The monoisotopic (exact) mass is 421 g/mol. The molecule has 0 bridgehead atoms. The number of sulfone groups is 2. The Balaban J connectivity index is 2.01. The van der Waals surface area contributed by atoms with Gasteiger partial charge in [0.1, 0.15) is 0 Å². The highest BCUT2D eigenvalue weighted by Crippen LogP contribution is 2.31. The first-order chi connectivity index (χ1) is 12.0. The second kappa shape index (κ2) is 6.88. The Labute approximate surface area is 155 Å². The Hall–Kier alpha value is -0.970. The van der Waals surface area contributed by atoms with Crippen LogP contribution < -0.4 is 0 Å². The van der Waals surface area contributed by atoms with Gasteiger partial charge in [-0.05, 0) is 37.0 Å². The molecule has 0 saturated carbocycles. The predicted octanol–water partition coefficient (Wildman–Crippen LogP) is 0.614. The summed E-state index contributed by atoms with van der Waals surface area (Å²) in [5.74, 6) is -0.651. The first-order valence-corrected chi connectivity index (χ1v) is 13.7. The fourth-order valence-corrected chi connectivity index (χ4v) is 9.14. The van der Waals surface area contributed by atoms with Crippen molar-refractivity contribution in [2.45, 2.75) is 43.2 Å². The van der Waals surface area contributed by atoms with Crippen LogP contribution in [0.3, 0.4) is 0 Å². The zero-order valence-corrected chi connectivity index (χ0v) is 17.0. The van der Waals surface area contributed by atoms with E-state index in [0.717, 1.165) is 12.0 Å². The summed E-state index contributed by atoms with van der Waals surface area (Å²) in [5, 5.41) is 0. The SMILES string of the molecule is CCc1ccc(S(=O)(=O)N([C@H]2CCS(=O)(=O)C2)[C@H]2CCS(=O)(=O)C2)cc1. The molecule has 10 heteroatoms. The fourth-order valence-electron chi connectivity index (χ4n) is 3.66. The molecular formula is C16H23NO6S3. The molecule has 1 aromatic rings. The van der Waals surface area contributed by atoms with E-state index in [4.69, 9.17) is 0 Å². The van der Waals surface area contributed by atoms with Gasteiger partial charge in [-0.2, -0.15) is 4.31 Å². The fraction of sp³-hybridized carbons (Fsp3) is 0.625. The molecule has 2 aliphatic rings. The van der Waals surface area contributed by atoms with Crippen molar-refractivity contribution < 1.29 is 25.3 Å². The van der Waals surface area contributed by atoms with Crippen LogP contribution in [0.2, 0.25) is 0 Å². The zero-order valence-electron chi connectivity index (χ0n) is 14.5. The largest absolute Gasteiger partial charge is 0.243 e. The number of hydrogen-bond acceptors (Lipinski definition) is 6. The molecule has 2 atom stereocenters. The van der Waals surface area contributed by atoms with E-state index in [1.165, 1.54) is 16.4 Å². The molecule has 0 N–H and O–H groups in total. The summed E-state index contributed by atoms with van der Waals surface area (Å²) < 4.78 is 75.3. The highest BCUT2D eigenvalue weighted by Gasteiger charge is 2.45. The van der Waals surface area contributed by atoms with Crippen LogP contribution in [0.4, 0.5) is 0 Å². The molecule has 2 saturated heterocycles. The average molecular weight is 422 g/mol. The summed E-state index contributed by atoms with van der Waals surface area (Å²) in [6, 6.07) is 5.04. The van der Waals surface area contributed by atoms with Gasteiger partial charge < -0.3 is 0 Å². The number of hydrogen-bond donors (Lipinski definition) is 0. The zero-order chi connectivity index (χ0) is 19.2. The van der Waals surface area contributed by atoms with Crippen molar-refractivity contribution in [2.75, 3.05) is 23.0 Å². The Morgan fingerprint density at radius 1 is 0.923 bits per heavy atom. The minimum Gasteiger partial charge on any atom is -0.229 e. The Morgan fingerprint density at radius 3 is 1.73 bits per heavy atom. The lowest BCUT2D eigenvalue weighted by Gasteiger charge is -2.32. The van der Waals surface area contributed by atoms with Crippen molar-refractivity contribution in [3.05, 3.63) is 29.8 Å². The number of aryl methyl sites for hydroxylation is 1. The molecule has 2 heterocycles. The van der Waals surface area contributed by atoms with Crippen molar-refractivity contribution in [1.29, 1.82) is 0 Å². The van der Waals surface area contributed by atoms with Crippen LogP contribution in [-0.2, 0) is 36.1 Å². The van der Waals surface area contributed by atoms with E-state index in [2.05, 4.69) is 0 Å². The Kier molecular flexibility index (Phi) is 5.24. The molecule has 26 heavy (non-hydrogen) atoms. The summed E-state index contributed by atoms with van der Waals surface area (Å²) in [7, 11) is -10.6. The number of benzene rings is 1. The second-order valence-electron chi connectivity index (χ2n) is 6.95. The van der Waals surface area contributed by atoms with Gasteiger partial charge in [-0.15, -0.1) is 0 Å². The standard InChI is InChI=1S/C16H23NO6S3/c1-2-13-3-5-16(6-4-13)26(22,23)17(14-7-9-24(18,19)11-14)15-8-10-25(20,21)12-15/h3-6,14-15H,2,7-12H2,1H3/t14-,15-/m0/s1. The molecule has 0 amide bonds. The lowest BCUT2D eigenvalue weighted by Crippen LogP contribution is -2.48. The van der Waals surface area contributed by atoms with Gasteiger partial charge in [-0.25, -0.2) is 25.3 Å². The lowest BCUT2D eigenvalue weighted by molar-refractivity contribution is 0.280. The van der Waals surface area contributed by atoms with E-state index in [0.29, 0.717) is 0 Å². The summed E-state index contributed by atoms with van der Waals surface area (Å²) in [5.41, 5.74) is 0.988. The molecule has 0 aromatic heterocycles. The summed E-state index contributed by atoms with van der Waals surface area (Å²) in [4.78, 5) is 0.0725. The first-order valence-electron chi connectivity index (χ1n) is 8.57. The van der Waals surface area contributed by atoms with Crippen molar-refractivity contribution in [2.24, 2.45) is 0 Å². The van der Waals surface area contributed by atoms with Gasteiger partial charge in [0, 0.05) is 12.1 Å². The Bertz CT molecular complexity index is 937. The first kappa shape index (κ1) is 19.8. The van der Waals surface area contributed by atoms with E-state index in [1.807, 2.05) is 6.92 Å². The van der Waals surface area contributed by atoms with E-state index in [9.17, 15) is 25.3 Å². The quantitative estimate of drug-likeness (QED) is 0.690. The van der Waals surface area contributed by atoms with Gasteiger partial charge in [0.2, 0.25) is 10.0 Å². The maximum absolute atomic E-state index is 13.3. The summed E-state index contributed by atoms with van der Waals surface area (Å²) >= 11 is 0. The number of sulfonamides is 1. The van der Waals surface area contributed by atoms with Crippen molar-refractivity contribution in [3.63, 3.8) is 0 Å². The minimum atomic E-state index is -3.99. The molecule has 146 valence electrons. The van der Waals surface area contributed by atoms with E-state index in [-0.39, 0.29) is 40.7 Å². The van der Waals surface area contributed by atoms with Gasteiger partial charge in [0.05, 0.1) is 27.9 Å². The van der Waals surface area contributed by atoms with E-state index >= 15 is 0 Å². The van der Waals surface area contributed by atoms with Gasteiger partial charge in [0.25, 0.3) is 0 Å². The maximum atomic E-state index is 13.3. The normalized spacial score (nSPS) is 27.8. The third kappa shape index (κ3) is 3.97. The van der Waals surface area contributed by atoms with Gasteiger partial charge >= 0.3 is 0 Å². The van der Waals surface area contributed by atoms with Gasteiger partial charge in [0.15, 0.2) is 19.7 Å². The second-order valence-corrected chi connectivity index (χ2v) is 13.2. The highest BCUT2D eigenvalue weighted by molar-refractivity contribution is 7.92. The van der Waals surface area contributed by atoms with Crippen LogP contribution in [0.15, 0.2) is 29.2 Å². The number of nitrogens with zero attached hydrogens (tertiary/aromatic N) is 1.